The van der Waals surface area contributed by atoms with Gasteiger partial charge in [-0.05, 0) is 44.0 Å². The van der Waals surface area contributed by atoms with Gasteiger partial charge in [-0.2, -0.15) is 0 Å². The minimum absolute atomic E-state index is 0.00949. The number of benzene rings is 1. The van der Waals surface area contributed by atoms with Crippen molar-refractivity contribution in [2.45, 2.75) is 43.0 Å². The van der Waals surface area contributed by atoms with E-state index in [0.717, 1.165) is 12.8 Å². The molecule has 1 aromatic carbocycles. The van der Waals surface area contributed by atoms with Gasteiger partial charge < -0.3 is 5.32 Å². The van der Waals surface area contributed by atoms with Crippen LogP contribution in [0.5, 0.6) is 0 Å². The van der Waals surface area contributed by atoms with Gasteiger partial charge in [0.25, 0.3) is 0 Å². The molecule has 21 heavy (non-hydrogen) atoms. The van der Waals surface area contributed by atoms with E-state index in [2.05, 4.69) is 5.32 Å². The molecule has 0 radical (unpaired) electrons. The second-order valence-electron chi connectivity index (χ2n) is 5.65. The van der Waals surface area contributed by atoms with Gasteiger partial charge in [0, 0.05) is 6.04 Å². The number of rotatable bonds is 5. The van der Waals surface area contributed by atoms with E-state index in [9.17, 15) is 8.42 Å². The maximum Gasteiger partial charge on any atom is 0.179 e. The van der Waals surface area contributed by atoms with Gasteiger partial charge in [0.1, 0.15) is 0 Å². The molecule has 1 fully saturated rings. The standard InChI is InChI=1S/C15H21Cl2NO2S/c1-18-15(11-5-3-2-4-6-11)10-21(19,20)12-7-8-13(16)14(17)9-12/h7-9,11,15,18H,2-6,10H2,1H3. The van der Waals surface area contributed by atoms with Crippen molar-refractivity contribution in [1.29, 1.82) is 0 Å². The second-order valence-corrected chi connectivity index (χ2v) is 8.50. The van der Waals surface area contributed by atoms with Crippen molar-refractivity contribution >= 4 is 33.0 Å². The summed E-state index contributed by atoms with van der Waals surface area (Å²) in [5.41, 5.74) is 0. The molecule has 1 unspecified atom stereocenters. The largest absolute Gasteiger partial charge is 0.316 e. The fourth-order valence-corrected chi connectivity index (χ4v) is 5.03. The maximum atomic E-state index is 12.6. The minimum Gasteiger partial charge on any atom is -0.316 e. The van der Waals surface area contributed by atoms with E-state index in [0.29, 0.717) is 10.9 Å². The Bertz CT molecular complexity index is 583. The lowest BCUT2D eigenvalue weighted by atomic mass is 9.84. The smallest absolute Gasteiger partial charge is 0.179 e. The average Bonchev–Trinajstić information content (AvgIpc) is 2.48. The molecule has 0 saturated heterocycles. The monoisotopic (exact) mass is 349 g/mol. The predicted octanol–water partition coefficient (Wildman–Crippen LogP) is 3.94. The zero-order valence-corrected chi connectivity index (χ0v) is 14.4. The lowest BCUT2D eigenvalue weighted by Gasteiger charge is -2.29. The van der Waals surface area contributed by atoms with E-state index in [1.807, 2.05) is 7.05 Å². The molecule has 2 rings (SSSR count). The molecule has 3 nitrogen and oxygen atoms in total. The fourth-order valence-electron chi connectivity index (χ4n) is 2.99. The number of hydrogen-bond donors (Lipinski definition) is 1. The third kappa shape index (κ3) is 4.35. The Labute approximate surface area is 136 Å². The first-order chi connectivity index (χ1) is 9.94. The normalized spacial score (nSPS) is 18.6. The summed E-state index contributed by atoms with van der Waals surface area (Å²) in [6.07, 6.45) is 5.84. The first-order valence-corrected chi connectivity index (χ1v) is 9.70. The summed E-state index contributed by atoms with van der Waals surface area (Å²) in [6.45, 7) is 0. The molecule has 6 heteroatoms. The predicted molar refractivity (Wildman–Crippen MR) is 87.9 cm³/mol. The molecule has 0 aliphatic heterocycles. The highest BCUT2D eigenvalue weighted by Gasteiger charge is 2.28. The van der Waals surface area contributed by atoms with Gasteiger partial charge in [0.15, 0.2) is 9.84 Å². The van der Waals surface area contributed by atoms with Crippen LogP contribution in [0.3, 0.4) is 0 Å². The molecule has 1 aliphatic carbocycles. The Hall–Kier alpha value is -0.290. The van der Waals surface area contributed by atoms with Gasteiger partial charge in [-0.25, -0.2) is 8.42 Å². The lowest BCUT2D eigenvalue weighted by Crippen LogP contribution is -2.40. The molecule has 0 bridgehead atoms. The molecule has 0 spiro atoms. The fraction of sp³-hybridized carbons (Fsp3) is 0.600. The summed E-state index contributed by atoms with van der Waals surface area (Å²) < 4.78 is 25.1. The quantitative estimate of drug-likeness (QED) is 0.875. The van der Waals surface area contributed by atoms with Crippen LogP contribution in [0.25, 0.3) is 0 Å². The van der Waals surface area contributed by atoms with Crippen LogP contribution in [0.1, 0.15) is 32.1 Å². The van der Waals surface area contributed by atoms with Crippen molar-refractivity contribution in [2.75, 3.05) is 12.8 Å². The second kappa shape index (κ2) is 7.32. The van der Waals surface area contributed by atoms with Gasteiger partial charge in [-0.15, -0.1) is 0 Å². The van der Waals surface area contributed by atoms with E-state index in [1.165, 1.54) is 37.5 Å². The lowest BCUT2D eigenvalue weighted by molar-refractivity contribution is 0.292. The number of halogens is 2. The Morgan fingerprint density at radius 3 is 2.43 bits per heavy atom. The molecule has 1 N–H and O–H groups in total. The van der Waals surface area contributed by atoms with Crippen LogP contribution in [-0.4, -0.2) is 27.3 Å². The molecule has 1 aromatic rings. The van der Waals surface area contributed by atoms with Gasteiger partial charge >= 0.3 is 0 Å². The summed E-state index contributed by atoms with van der Waals surface area (Å²) in [7, 11) is -1.53. The van der Waals surface area contributed by atoms with Crippen LogP contribution in [-0.2, 0) is 9.84 Å². The van der Waals surface area contributed by atoms with Gasteiger partial charge in [0.2, 0.25) is 0 Å². The zero-order valence-electron chi connectivity index (χ0n) is 12.1. The van der Waals surface area contributed by atoms with Crippen molar-refractivity contribution in [3.05, 3.63) is 28.2 Å². The van der Waals surface area contributed by atoms with Crippen molar-refractivity contribution in [1.82, 2.24) is 5.32 Å². The SMILES string of the molecule is CNC(CS(=O)(=O)c1ccc(Cl)c(Cl)c1)C1CCCCC1. The van der Waals surface area contributed by atoms with E-state index >= 15 is 0 Å². The molecular weight excluding hydrogens is 329 g/mol. The first kappa shape index (κ1) is 17.1. The van der Waals surface area contributed by atoms with Crippen LogP contribution in [0.4, 0.5) is 0 Å². The summed E-state index contributed by atoms with van der Waals surface area (Å²) in [6, 6.07) is 4.49. The van der Waals surface area contributed by atoms with E-state index < -0.39 is 9.84 Å². The molecular formula is C15H21Cl2NO2S. The Morgan fingerprint density at radius 1 is 1.19 bits per heavy atom. The van der Waals surface area contributed by atoms with Crippen molar-refractivity contribution in [3.63, 3.8) is 0 Å². The molecule has 1 saturated carbocycles. The highest BCUT2D eigenvalue weighted by atomic mass is 35.5. The van der Waals surface area contributed by atoms with Crippen LogP contribution >= 0.6 is 23.2 Å². The summed E-state index contributed by atoms with van der Waals surface area (Å²) in [5, 5.41) is 3.83. The molecule has 0 amide bonds. The van der Waals surface area contributed by atoms with Crippen molar-refractivity contribution < 1.29 is 8.42 Å². The molecule has 0 heterocycles. The number of hydrogen-bond acceptors (Lipinski definition) is 3. The van der Waals surface area contributed by atoms with E-state index in [1.54, 1.807) is 0 Å². The van der Waals surface area contributed by atoms with E-state index in [-0.39, 0.29) is 21.7 Å². The van der Waals surface area contributed by atoms with Crippen LogP contribution in [0, 0.1) is 5.92 Å². The topological polar surface area (TPSA) is 46.2 Å². The summed E-state index contributed by atoms with van der Waals surface area (Å²) in [4.78, 5) is 0.243. The number of nitrogens with one attached hydrogen (secondary N) is 1. The van der Waals surface area contributed by atoms with Gasteiger partial charge in [-0.1, -0.05) is 42.5 Å². The Kier molecular flexibility index (Phi) is 5.95. The zero-order chi connectivity index (χ0) is 15.5. The van der Waals surface area contributed by atoms with Gasteiger partial charge in [-0.3, -0.25) is 0 Å². The highest BCUT2D eigenvalue weighted by molar-refractivity contribution is 7.91. The highest BCUT2D eigenvalue weighted by Crippen LogP contribution is 2.29. The Morgan fingerprint density at radius 2 is 1.86 bits per heavy atom. The van der Waals surface area contributed by atoms with Crippen LogP contribution in [0.15, 0.2) is 23.1 Å². The average molecular weight is 350 g/mol. The molecule has 1 atom stereocenters. The minimum atomic E-state index is -3.37. The first-order valence-electron chi connectivity index (χ1n) is 7.29. The van der Waals surface area contributed by atoms with Gasteiger partial charge in [0.05, 0.1) is 20.7 Å². The van der Waals surface area contributed by atoms with E-state index in [4.69, 9.17) is 23.2 Å². The molecule has 1 aliphatic rings. The molecule has 118 valence electrons. The maximum absolute atomic E-state index is 12.6. The van der Waals surface area contributed by atoms with Crippen LogP contribution < -0.4 is 5.32 Å². The van der Waals surface area contributed by atoms with Crippen molar-refractivity contribution in [3.8, 4) is 0 Å². The third-order valence-corrected chi connectivity index (χ3v) is 6.75. The number of sulfone groups is 1. The summed E-state index contributed by atoms with van der Waals surface area (Å²) in [5.74, 6) is 0.535. The molecule has 0 aromatic heterocycles. The summed E-state index contributed by atoms with van der Waals surface area (Å²) >= 11 is 11.8. The van der Waals surface area contributed by atoms with Crippen LogP contribution in [0.2, 0.25) is 10.0 Å². The third-order valence-electron chi connectivity index (χ3n) is 4.24. The Balaban J connectivity index is 2.16. The van der Waals surface area contributed by atoms with Crippen molar-refractivity contribution in [2.24, 2.45) is 5.92 Å².